The second-order valence-corrected chi connectivity index (χ2v) is 5.24. The zero-order chi connectivity index (χ0) is 8.73. The Morgan fingerprint density at radius 1 is 1.31 bits per heavy atom. The van der Waals surface area contributed by atoms with Crippen LogP contribution in [0.25, 0.3) is 0 Å². The molecule has 2 aliphatic heterocycles. The van der Waals surface area contributed by atoms with Crippen molar-refractivity contribution in [1.29, 1.82) is 0 Å². The highest BCUT2D eigenvalue weighted by Gasteiger charge is 2.40. The highest BCUT2D eigenvalue weighted by Crippen LogP contribution is 2.34. The van der Waals surface area contributed by atoms with Crippen molar-refractivity contribution in [3.05, 3.63) is 0 Å². The molecule has 3 aliphatic rings. The molecule has 0 amide bonds. The Morgan fingerprint density at radius 3 is 2.92 bits per heavy atom. The van der Waals surface area contributed by atoms with Crippen LogP contribution in [0.4, 0.5) is 0 Å². The van der Waals surface area contributed by atoms with Crippen LogP contribution in [0.5, 0.6) is 0 Å². The van der Waals surface area contributed by atoms with Crippen LogP contribution in [-0.4, -0.2) is 36.6 Å². The van der Waals surface area contributed by atoms with Crippen LogP contribution in [0.2, 0.25) is 0 Å². The molecule has 1 spiro atoms. The Hall–Kier alpha value is -0.0800. The van der Waals surface area contributed by atoms with Crippen molar-refractivity contribution in [3.63, 3.8) is 0 Å². The fraction of sp³-hybridized carbons (Fsp3) is 1.00. The molecule has 0 aromatic heterocycles. The van der Waals surface area contributed by atoms with E-state index in [9.17, 15) is 0 Å². The average molecular weight is 180 g/mol. The summed E-state index contributed by atoms with van der Waals surface area (Å²) in [6.45, 7) is 5.34. The second kappa shape index (κ2) is 2.96. The minimum Gasteiger partial charge on any atom is -0.310 e. The van der Waals surface area contributed by atoms with Gasteiger partial charge in [0.05, 0.1) is 0 Å². The third kappa shape index (κ3) is 1.62. The molecule has 0 bridgehead atoms. The largest absolute Gasteiger partial charge is 0.310 e. The van der Waals surface area contributed by atoms with Gasteiger partial charge in [0, 0.05) is 25.2 Å². The van der Waals surface area contributed by atoms with Crippen molar-refractivity contribution in [1.82, 2.24) is 10.2 Å². The first-order chi connectivity index (χ1) is 6.36. The van der Waals surface area contributed by atoms with Crippen molar-refractivity contribution < 1.29 is 0 Å². The molecule has 3 fully saturated rings. The standard InChI is InChI=1S/C11H20N2/c1-4-11(12-6-1)5-7-13(9-11)8-10-2-3-10/h10,12H,1-9H2. The minimum atomic E-state index is 0.550. The van der Waals surface area contributed by atoms with Gasteiger partial charge in [0.2, 0.25) is 0 Å². The highest BCUT2D eigenvalue weighted by molar-refractivity contribution is 5.01. The van der Waals surface area contributed by atoms with Crippen molar-refractivity contribution in [2.75, 3.05) is 26.2 Å². The Morgan fingerprint density at radius 2 is 2.23 bits per heavy atom. The molecule has 2 heteroatoms. The molecule has 74 valence electrons. The lowest BCUT2D eigenvalue weighted by Gasteiger charge is -2.24. The van der Waals surface area contributed by atoms with E-state index in [1.807, 2.05) is 0 Å². The van der Waals surface area contributed by atoms with Crippen molar-refractivity contribution in [3.8, 4) is 0 Å². The fourth-order valence-corrected chi connectivity index (χ4v) is 3.00. The average Bonchev–Trinajstić information content (AvgIpc) is 2.69. The SMILES string of the molecule is C1CNC2(C1)CCN(CC1CC1)C2. The van der Waals surface area contributed by atoms with Crippen LogP contribution < -0.4 is 5.32 Å². The van der Waals surface area contributed by atoms with Crippen LogP contribution in [0.1, 0.15) is 32.1 Å². The molecule has 0 aromatic carbocycles. The molecular weight excluding hydrogens is 160 g/mol. The summed E-state index contributed by atoms with van der Waals surface area (Å²) >= 11 is 0. The molecule has 2 nitrogen and oxygen atoms in total. The lowest BCUT2D eigenvalue weighted by molar-refractivity contribution is 0.288. The summed E-state index contributed by atoms with van der Waals surface area (Å²) in [6.07, 6.45) is 7.22. The first-order valence-electron chi connectivity index (χ1n) is 5.84. The van der Waals surface area contributed by atoms with E-state index in [1.165, 1.54) is 58.3 Å². The van der Waals surface area contributed by atoms with E-state index in [-0.39, 0.29) is 0 Å². The van der Waals surface area contributed by atoms with Crippen LogP contribution in [0.3, 0.4) is 0 Å². The normalized spacial score (nSPS) is 40.6. The van der Waals surface area contributed by atoms with Gasteiger partial charge >= 0.3 is 0 Å². The summed E-state index contributed by atoms with van der Waals surface area (Å²) < 4.78 is 0. The van der Waals surface area contributed by atoms with E-state index < -0.39 is 0 Å². The maximum Gasteiger partial charge on any atom is 0.0321 e. The number of hydrogen-bond donors (Lipinski definition) is 1. The lowest BCUT2D eigenvalue weighted by Crippen LogP contribution is -2.42. The summed E-state index contributed by atoms with van der Waals surface area (Å²) in [6, 6.07) is 0. The molecule has 3 rings (SSSR count). The van der Waals surface area contributed by atoms with Crippen LogP contribution >= 0.6 is 0 Å². The van der Waals surface area contributed by atoms with E-state index in [0.29, 0.717) is 5.54 Å². The number of hydrogen-bond acceptors (Lipinski definition) is 2. The van der Waals surface area contributed by atoms with E-state index in [4.69, 9.17) is 0 Å². The molecule has 2 saturated heterocycles. The van der Waals surface area contributed by atoms with Crippen LogP contribution in [0.15, 0.2) is 0 Å². The third-order valence-corrected chi connectivity index (χ3v) is 3.98. The molecule has 1 atom stereocenters. The van der Waals surface area contributed by atoms with E-state index in [2.05, 4.69) is 10.2 Å². The first kappa shape index (κ1) is 8.25. The molecule has 0 aromatic rings. The van der Waals surface area contributed by atoms with E-state index in [0.717, 1.165) is 5.92 Å². The first-order valence-corrected chi connectivity index (χ1v) is 5.84. The smallest absolute Gasteiger partial charge is 0.0321 e. The molecule has 13 heavy (non-hydrogen) atoms. The summed E-state index contributed by atoms with van der Waals surface area (Å²) in [5.74, 6) is 1.07. The van der Waals surface area contributed by atoms with Gasteiger partial charge in [-0.3, -0.25) is 0 Å². The summed E-state index contributed by atoms with van der Waals surface area (Å²) in [7, 11) is 0. The van der Waals surface area contributed by atoms with Gasteiger partial charge in [0.15, 0.2) is 0 Å². The third-order valence-electron chi connectivity index (χ3n) is 3.98. The van der Waals surface area contributed by atoms with Gasteiger partial charge < -0.3 is 10.2 Å². The summed E-state index contributed by atoms with van der Waals surface area (Å²) in [5, 5.41) is 3.71. The van der Waals surface area contributed by atoms with Gasteiger partial charge in [-0.1, -0.05) is 0 Å². The van der Waals surface area contributed by atoms with Crippen LogP contribution in [0, 0.1) is 5.92 Å². The molecule has 2 heterocycles. The maximum atomic E-state index is 3.71. The fourth-order valence-electron chi connectivity index (χ4n) is 3.00. The van der Waals surface area contributed by atoms with Gasteiger partial charge in [0.1, 0.15) is 0 Å². The number of nitrogens with zero attached hydrogens (tertiary/aromatic N) is 1. The number of nitrogens with one attached hydrogen (secondary N) is 1. The molecule has 1 saturated carbocycles. The van der Waals surface area contributed by atoms with Crippen molar-refractivity contribution in [2.45, 2.75) is 37.6 Å². The predicted octanol–water partition coefficient (Wildman–Crippen LogP) is 1.22. The van der Waals surface area contributed by atoms with Gasteiger partial charge in [-0.15, -0.1) is 0 Å². The molecule has 1 unspecified atom stereocenters. The van der Waals surface area contributed by atoms with Gasteiger partial charge in [-0.05, 0) is 44.6 Å². The van der Waals surface area contributed by atoms with Crippen molar-refractivity contribution in [2.24, 2.45) is 5.92 Å². The second-order valence-electron chi connectivity index (χ2n) is 5.24. The number of rotatable bonds is 2. The molecule has 1 aliphatic carbocycles. The Balaban J connectivity index is 1.57. The topological polar surface area (TPSA) is 15.3 Å². The molecule has 1 N–H and O–H groups in total. The van der Waals surface area contributed by atoms with E-state index in [1.54, 1.807) is 0 Å². The minimum absolute atomic E-state index is 0.550. The van der Waals surface area contributed by atoms with Crippen molar-refractivity contribution >= 4 is 0 Å². The summed E-state index contributed by atoms with van der Waals surface area (Å²) in [5.41, 5.74) is 0.550. The van der Waals surface area contributed by atoms with Gasteiger partial charge in [-0.2, -0.15) is 0 Å². The zero-order valence-corrected chi connectivity index (χ0v) is 8.39. The number of likely N-dealkylation sites (tertiary alicyclic amines) is 1. The highest BCUT2D eigenvalue weighted by atomic mass is 15.2. The van der Waals surface area contributed by atoms with E-state index >= 15 is 0 Å². The van der Waals surface area contributed by atoms with Crippen LogP contribution in [-0.2, 0) is 0 Å². The summed E-state index contributed by atoms with van der Waals surface area (Å²) in [4.78, 5) is 2.69. The Labute approximate surface area is 80.7 Å². The maximum absolute atomic E-state index is 3.71. The molecule has 0 radical (unpaired) electrons. The Bertz CT molecular complexity index is 192. The van der Waals surface area contributed by atoms with Gasteiger partial charge in [0.25, 0.3) is 0 Å². The zero-order valence-electron chi connectivity index (χ0n) is 8.39. The van der Waals surface area contributed by atoms with Gasteiger partial charge in [-0.25, -0.2) is 0 Å². The monoisotopic (exact) mass is 180 g/mol. The lowest BCUT2D eigenvalue weighted by atomic mass is 9.97. The molecular formula is C11H20N2. The Kier molecular flexibility index (Phi) is 1.88. The predicted molar refractivity (Wildman–Crippen MR) is 53.7 cm³/mol. The quantitative estimate of drug-likeness (QED) is 0.687.